The van der Waals surface area contributed by atoms with Gasteiger partial charge < -0.3 is 0 Å². The zero-order valence-electron chi connectivity index (χ0n) is 9.99. The number of halogens is 1. The van der Waals surface area contributed by atoms with Crippen LogP contribution in [0.25, 0.3) is 11.1 Å². The first kappa shape index (κ1) is 11.5. The van der Waals surface area contributed by atoms with Gasteiger partial charge in [0.15, 0.2) is 5.78 Å². The fourth-order valence-electron chi connectivity index (χ4n) is 1.90. The smallest absolute Gasteiger partial charge is 0.178 e. The van der Waals surface area contributed by atoms with E-state index in [-0.39, 0.29) is 11.6 Å². The van der Waals surface area contributed by atoms with Crippen LogP contribution in [-0.4, -0.2) is 15.6 Å². The second-order valence-electron chi connectivity index (χ2n) is 4.07. The number of carbonyl (C=O) groups excluding carboxylic acids is 1. The predicted molar refractivity (Wildman–Crippen MR) is 63.3 cm³/mol. The van der Waals surface area contributed by atoms with Crippen LogP contribution in [-0.2, 0) is 7.05 Å². The molecule has 0 atom stereocenters. The van der Waals surface area contributed by atoms with Crippen LogP contribution in [0, 0.1) is 12.7 Å². The quantitative estimate of drug-likeness (QED) is 0.746. The number of hydrogen-bond donors (Lipinski definition) is 0. The van der Waals surface area contributed by atoms with Gasteiger partial charge in [0.2, 0.25) is 0 Å². The fraction of sp³-hybridized carbons (Fsp3) is 0.231. The molecule has 0 aliphatic carbocycles. The zero-order chi connectivity index (χ0) is 12.6. The third-order valence-corrected chi connectivity index (χ3v) is 2.68. The molecule has 1 heterocycles. The number of ketones is 1. The Bertz CT molecular complexity index is 587. The Hall–Kier alpha value is -1.97. The van der Waals surface area contributed by atoms with Crippen LogP contribution in [0.5, 0.6) is 0 Å². The van der Waals surface area contributed by atoms with E-state index >= 15 is 0 Å². The maximum Gasteiger partial charge on any atom is 0.178 e. The third kappa shape index (κ3) is 1.98. The van der Waals surface area contributed by atoms with Gasteiger partial charge in [-0.1, -0.05) is 11.6 Å². The van der Waals surface area contributed by atoms with Crippen LogP contribution in [0.4, 0.5) is 4.39 Å². The topological polar surface area (TPSA) is 34.9 Å². The van der Waals surface area contributed by atoms with Crippen LogP contribution in [0.15, 0.2) is 24.4 Å². The molecule has 0 spiro atoms. The first-order chi connectivity index (χ1) is 8.00. The SMILES string of the molecule is CC(=O)c1c(-c2cc(C)ccc2F)cnn1C. The summed E-state index contributed by atoms with van der Waals surface area (Å²) < 4.78 is 15.2. The molecule has 17 heavy (non-hydrogen) atoms. The van der Waals surface area contributed by atoms with Gasteiger partial charge in [0, 0.05) is 25.1 Å². The molecule has 0 bridgehead atoms. The molecule has 4 heteroatoms. The summed E-state index contributed by atoms with van der Waals surface area (Å²) in [6, 6.07) is 4.82. The van der Waals surface area contributed by atoms with Gasteiger partial charge in [0.25, 0.3) is 0 Å². The lowest BCUT2D eigenvalue weighted by molar-refractivity contribution is 0.100. The minimum Gasteiger partial charge on any atom is -0.293 e. The van der Waals surface area contributed by atoms with Crippen molar-refractivity contribution in [2.24, 2.45) is 7.05 Å². The number of benzene rings is 1. The maximum absolute atomic E-state index is 13.8. The summed E-state index contributed by atoms with van der Waals surface area (Å²) in [4.78, 5) is 11.5. The van der Waals surface area contributed by atoms with Gasteiger partial charge in [0.05, 0.1) is 6.20 Å². The molecule has 0 aliphatic rings. The van der Waals surface area contributed by atoms with Crippen molar-refractivity contribution in [2.45, 2.75) is 13.8 Å². The van der Waals surface area contributed by atoms with Crippen molar-refractivity contribution in [3.05, 3.63) is 41.5 Å². The number of aromatic nitrogens is 2. The van der Waals surface area contributed by atoms with E-state index in [2.05, 4.69) is 5.10 Å². The zero-order valence-corrected chi connectivity index (χ0v) is 9.99. The number of hydrogen-bond acceptors (Lipinski definition) is 2. The minimum absolute atomic E-state index is 0.124. The van der Waals surface area contributed by atoms with E-state index in [9.17, 15) is 9.18 Å². The molecule has 0 saturated heterocycles. The second-order valence-corrected chi connectivity index (χ2v) is 4.07. The first-order valence-corrected chi connectivity index (χ1v) is 5.30. The number of aryl methyl sites for hydroxylation is 2. The average molecular weight is 232 g/mol. The van der Waals surface area contributed by atoms with Crippen molar-refractivity contribution in [2.75, 3.05) is 0 Å². The molecule has 1 aromatic heterocycles. The van der Waals surface area contributed by atoms with Crippen LogP contribution >= 0.6 is 0 Å². The molecule has 0 amide bonds. The molecule has 0 radical (unpaired) electrons. The van der Waals surface area contributed by atoms with E-state index in [4.69, 9.17) is 0 Å². The average Bonchev–Trinajstić information content (AvgIpc) is 2.64. The van der Waals surface area contributed by atoms with Crippen molar-refractivity contribution < 1.29 is 9.18 Å². The Morgan fingerprint density at radius 1 is 1.35 bits per heavy atom. The van der Waals surface area contributed by atoms with Gasteiger partial charge >= 0.3 is 0 Å². The summed E-state index contributed by atoms with van der Waals surface area (Å²) in [5, 5.41) is 4.01. The van der Waals surface area contributed by atoms with Gasteiger partial charge in [-0.25, -0.2) is 4.39 Å². The van der Waals surface area contributed by atoms with Crippen LogP contribution in [0.2, 0.25) is 0 Å². The molecule has 0 saturated carbocycles. The van der Waals surface area contributed by atoms with Crippen LogP contribution in [0.1, 0.15) is 23.0 Å². The highest BCUT2D eigenvalue weighted by atomic mass is 19.1. The van der Waals surface area contributed by atoms with Crippen LogP contribution in [0.3, 0.4) is 0 Å². The molecule has 1 aromatic carbocycles. The Balaban J connectivity index is 2.68. The molecule has 0 fully saturated rings. The first-order valence-electron chi connectivity index (χ1n) is 5.30. The normalized spacial score (nSPS) is 10.6. The molecule has 0 aliphatic heterocycles. The molecular weight excluding hydrogens is 219 g/mol. The van der Waals surface area contributed by atoms with Crippen molar-refractivity contribution in [3.8, 4) is 11.1 Å². The number of carbonyl (C=O) groups is 1. The van der Waals surface area contributed by atoms with Crippen molar-refractivity contribution in [1.82, 2.24) is 9.78 Å². The summed E-state index contributed by atoms with van der Waals surface area (Å²) in [6.45, 7) is 3.33. The van der Waals surface area contributed by atoms with Gasteiger partial charge in [-0.15, -0.1) is 0 Å². The minimum atomic E-state index is -0.342. The van der Waals surface area contributed by atoms with E-state index in [0.717, 1.165) is 5.56 Å². The van der Waals surface area contributed by atoms with Crippen LogP contribution < -0.4 is 0 Å². The Labute approximate surface area is 98.9 Å². The lowest BCUT2D eigenvalue weighted by atomic mass is 10.0. The second kappa shape index (κ2) is 4.13. The van der Waals surface area contributed by atoms with E-state index in [1.165, 1.54) is 23.9 Å². The van der Waals surface area contributed by atoms with Gasteiger partial charge in [-0.2, -0.15) is 5.10 Å². The standard InChI is InChI=1S/C13H13FN2O/c1-8-4-5-12(14)10(6-8)11-7-15-16(3)13(11)9(2)17/h4-7H,1-3H3. The van der Waals surface area contributed by atoms with Gasteiger partial charge in [-0.3, -0.25) is 9.48 Å². The summed E-state index contributed by atoms with van der Waals surface area (Å²) in [6.07, 6.45) is 1.52. The highest BCUT2D eigenvalue weighted by Crippen LogP contribution is 2.27. The highest BCUT2D eigenvalue weighted by Gasteiger charge is 2.17. The van der Waals surface area contributed by atoms with E-state index in [0.29, 0.717) is 16.8 Å². The van der Waals surface area contributed by atoms with Crippen molar-refractivity contribution in [1.29, 1.82) is 0 Å². The van der Waals surface area contributed by atoms with E-state index in [1.807, 2.05) is 6.92 Å². The molecule has 0 N–H and O–H groups in total. The lowest BCUT2D eigenvalue weighted by Crippen LogP contribution is -2.04. The molecular formula is C13H13FN2O. The van der Waals surface area contributed by atoms with Gasteiger partial charge in [-0.05, 0) is 19.1 Å². The monoisotopic (exact) mass is 232 g/mol. The number of rotatable bonds is 2. The summed E-state index contributed by atoms with van der Waals surface area (Å²) in [7, 11) is 1.67. The fourth-order valence-corrected chi connectivity index (χ4v) is 1.90. The largest absolute Gasteiger partial charge is 0.293 e. The lowest BCUT2D eigenvalue weighted by Gasteiger charge is -2.05. The predicted octanol–water partition coefficient (Wildman–Crippen LogP) is 2.74. The molecule has 2 aromatic rings. The number of Topliss-reactive ketones (excluding diaryl/α,β-unsaturated/α-hetero) is 1. The molecule has 0 unspecified atom stereocenters. The Morgan fingerprint density at radius 2 is 2.06 bits per heavy atom. The van der Waals surface area contributed by atoms with Crippen molar-refractivity contribution >= 4 is 5.78 Å². The highest BCUT2D eigenvalue weighted by molar-refractivity contribution is 5.99. The van der Waals surface area contributed by atoms with Gasteiger partial charge in [0.1, 0.15) is 11.5 Å². The number of nitrogens with zero attached hydrogens (tertiary/aromatic N) is 2. The van der Waals surface area contributed by atoms with Crippen molar-refractivity contribution in [3.63, 3.8) is 0 Å². The summed E-state index contributed by atoms with van der Waals surface area (Å²) in [5.41, 5.74) is 2.33. The summed E-state index contributed by atoms with van der Waals surface area (Å²) >= 11 is 0. The molecule has 3 nitrogen and oxygen atoms in total. The third-order valence-electron chi connectivity index (χ3n) is 2.68. The molecule has 2 rings (SSSR count). The Morgan fingerprint density at radius 3 is 2.71 bits per heavy atom. The Kier molecular flexibility index (Phi) is 2.79. The summed E-state index contributed by atoms with van der Waals surface area (Å²) in [5.74, 6) is -0.466. The molecule has 88 valence electrons. The van der Waals surface area contributed by atoms with E-state index in [1.54, 1.807) is 19.2 Å². The maximum atomic E-state index is 13.8. The van der Waals surface area contributed by atoms with E-state index < -0.39 is 0 Å².